The average molecular weight is 480 g/mol. The highest BCUT2D eigenvalue weighted by atomic mass is 79.9. The second kappa shape index (κ2) is 11.3. The van der Waals surface area contributed by atoms with Gasteiger partial charge < -0.3 is 15.5 Å². The maximum Gasteiger partial charge on any atom is 0.322 e. The first-order chi connectivity index (χ1) is 15.0. The van der Waals surface area contributed by atoms with Gasteiger partial charge in [-0.15, -0.1) is 0 Å². The topological polar surface area (TPSA) is 61.4 Å². The van der Waals surface area contributed by atoms with Gasteiger partial charge in [0.05, 0.1) is 6.04 Å². The van der Waals surface area contributed by atoms with E-state index >= 15 is 0 Å². The predicted octanol–water partition coefficient (Wildman–Crippen LogP) is 5.75. The zero-order valence-electron chi connectivity index (χ0n) is 17.4. The molecule has 2 N–H and O–H groups in total. The number of halogens is 1. The molecule has 1 unspecified atom stereocenters. The van der Waals surface area contributed by atoms with E-state index in [1.54, 1.807) is 4.90 Å². The molecule has 3 aromatic carbocycles. The van der Waals surface area contributed by atoms with Gasteiger partial charge in [-0.1, -0.05) is 76.6 Å². The molecule has 1 atom stereocenters. The van der Waals surface area contributed by atoms with Crippen LogP contribution in [0.25, 0.3) is 0 Å². The minimum absolute atomic E-state index is 0.0921. The molecule has 0 saturated carbocycles. The third-order valence-corrected chi connectivity index (χ3v) is 5.55. The third-order valence-electron chi connectivity index (χ3n) is 5.02. The summed E-state index contributed by atoms with van der Waals surface area (Å²) in [6, 6.07) is 26.6. The molecule has 31 heavy (non-hydrogen) atoms. The number of hydrogen-bond acceptors (Lipinski definition) is 2. The molecule has 3 rings (SSSR count). The molecular formula is C25H26BrN3O2. The van der Waals surface area contributed by atoms with Gasteiger partial charge in [0.25, 0.3) is 0 Å². The lowest BCUT2D eigenvalue weighted by Gasteiger charge is -2.29. The number of urea groups is 1. The zero-order chi connectivity index (χ0) is 22.1. The van der Waals surface area contributed by atoms with Crippen LogP contribution in [0.5, 0.6) is 0 Å². The van der Waals surface area contributed by atoms with E-state index in [1.807, 2.05) is 91.9 Å². The van der Waals surface area contributed by atoms with E-state index in [1.165, 1.54) is 0 Å². The zero-order valence-corrected chi connectivity index (χ0v) is 19.0. The number of nitrogens with zero attached hydrogens (tertiary/aromatic N) is 1. The second-order valence-electron chi connectivity index (χ2n) is 7.23. The normalized spacial score (nSPS) is 11.4. The highest BCUT2D eigenvalue weighted by Crippen LogP contribution is 2.22. The van der Waals surface area contributed by atoms with Crippen molar-refractivity contribution >= 4 is 33.6 Å². The summed E-state index contributed by atoms with van der Waals surface area (Å²) >= 11 is 3.40. The van der Waals surface area contributed by atoms with Crippen molar-refractivity contribution in [1.29, 1.82) is 0 Å². The predicted molar refractivity (Wildman–Crippen MR) is 128 cm³/mol. The van der Waals surface area contributed by atoms with Crippen molar-refractivity contribution in [3.8, 4) is 0 Å². The average Bonchev–Trinajstić information content (AvgIpc) is 2.80. The largest absolute Gasteiger partial charge is 0.352 e. The van der Waals surface area contributed by atoms with Gasteiger partial charge in [0.15, 0.2) is 0 Å². The fourth-order valence-corrected chi connectivity index (χ4v) is 3.48. The standard InChI is InChI=1S/C25H26BrN3O2/c1-19(21-10-6-3-7-11-21)29(25(31)28-23-14-12-22(26)13-15-23)17-16-24(30)27-18-20-8-4-2-5-9-20/h2-15,19H,16-18H2,1H3,(H,27,30)(H,28,31). The lowest BCUT2D eigenvalue weighted by Crippen LogP contribution is -2.39. The Hall–Kier alpha value is -3.12. The molecule has 0 fully saturated rings. The van der Waals surface area contributed by atoms with Crippen molar-refractivity contribution in [1.82, 2.24) is 10.2 Å². The molecule has 0 bridgehead atoms. The number of nitrogens with one attached hydrogen (secondary N) is 2. The van der Waals surface area contributed by atoms with E-state index in [0.29, 0.717) is 18.8 Å². The Labute approximate surface area is 191 Å². The van der Waals surface area contributed by atoms with Gasteiger partial charge in [-0.3, -0.25) is 4.79 Å². The van der Waals surface area contributed by atoms with Crippen LogP contribution in [0.15, 0.2) is 89.4 Å². The summed E-state index contributed by atoms with van der Waals surface area (Å²) in [4.78, 5) is 27.2. The van der Waals surface area contributed by atoms with Gasteiger partial charge in [0.2, 0.25) is 5.91 Å². The van der Waals surface area contributed by atoms with E-state index < -0.39 is 0 Å². The smallest absolute Gasteiger partial charge is 0.322 e. The molecule has 3 amide bonds. The first-order valence-electron chi connectivity index (χ1n) is 10.2. The van der Waals surface area contributed by atoms with Crippen molar-refractivity contribution in [2.45, 2.75) is 25.9 Å². The van der Waals surface area contributed by atoms with E-state index in [-0.39, 0.29) is 24.4 Å². The molecule has 0 aliphatic carbocycles. The quantitative estimate of drug-likeness (QED) is 0.431. The summed E-state index contributed by atoms with van der Waals surface area (Å²) in [7, 11) is 0. The second-order valence-corrected chi connectivity index (χ2v) is 8.15. The lowest BCUT2D eigenvalue weighted by atomic mass is 10.1. The Morgan fingerprint density at radius 2 is 1.52 bits per heavy atom. The van der Waals surface area contributed by atoms with Crippen LogP contribution in [-0.4, -0.2) is 23.4 Å². The minimum Gasteiger partial charge on any atom is -0.352 e. The van der Waals surface area contributed by atoms with Crippen LogP contribution in [0.4, 0.5) is 10.5 Å². The molecule has 0 heterocycles. The Bertz CT molecular complexity index is 979. The van der Waals surface area contributed by atoms with Crippen LogP contribution in [0.1, 0.15) is 30.5 Å². The van der Waals surface area contributed by atoms with Crippen LogP contribution in [0.3, 0.4) is 0 Å². The molecule has 160 valence electrons. The fraction of sp³-hybridized carbons (Fsp3) is 0.200. The monoisotopic (exact) mass is 479 g/mol. The lowest BCUT2D eigenvalue weighted by molar-refractivity contribution is -0.121. The van der Waals surface area contributed by atoms with Crippen molar-refractivity contribution in [3.63, 3.8) is 0 Å². The van der Waals surface area contributed by atoms with Gasteiger partial charge in [-0.05, 0) is 42.3 Å². The molecule has 3 aromatic rings. The maximum absolute atomic E-state index is 13.1. The molecule has 0 radical (unpaired) electrons. The summed E-state index contributed by atoms with van der Waals surface area (Å²) in [6.07, 6.45) is 0.220. The third kappa shape index (κ3) is 6.96. The van der Waals surface area contributed by atoms with Crippen LogP contribution >= 0.6 is 15.9 Å². The Morgan fingerprint density at radius 1 is 0.903 bits per heavy atom. The number of anilines is 1. The molecule has 0 saturated heterocycles. The van der Waals surface area contributed by atoms with Crippen LogP contribution in [-0.2, 0) is 11.3 Å². The van der Waals surface area contributed by atoms with Gasteiger partial charge in [0, 0.05) is 29.7 Å². The molecule has 6 heteroatoms. The number of hydrogen-bond donors (Lipinski definition) is 2. The molecule has 0 aliphatic rings. The first kappa shape index (κ1) is 22.6. The fourth-order valence-electron chi connectivity index (χ4n) is 3.22. The van der Waals surface area contributed by atoms with Crippen molar-refractivity contribution in [2.75, 3.05) is 11.9 Å². The van der Waals surface area contributed by atoms with Gasteiger partial charge >= 0.3 is 6.03 Å². The number of carbonyl (C=O) groups excluding carboxylic acids is 2. The maximum atomic E-state index is 13.1. The number of amides is 3. The van der Waals surface area contributed by atoms with E-state index in [4.69, 9.17) is 0 Å². The summed E-state index contributed by atoms with van der Waals surface area (Å²) in [5, 5.41) is 5.86. The molecule has 0 aromatic heterocycles. The number of rotatable bonds is 8. The van der Waals surface area contributed by atoms with Crippen LogP contribution in [0, 0.1) is 0 Å². The van der Waals surface area contributed by atoms with E-state index in [9.17, 15) is 9.59 Å². The number of carbonyl (C=O) groups is 2. The number of benzene rings is 3. The van der Waals surface area contributed by atoms with Crippen LogP contribution < -0.4 is 10.6 Å². The Morgan fingerprint density at radius 3 is 2.16 bits per heavy atom. The molecular weight excluding hydrogens is 454 g/mol. The van der Waals surface area contributed by atoms with Gasteiger partial charge in [-0.25, -0.2) is 4.79 Å². The Kier molecular flexibility index (Phi) is 8.24. The molecule has 0 spiro atoms. The van der Waals surface area contributed by atoms with Crippen LogP contribution in [0.2, 0.25) is 0 Å². The molecule has 5 nitrogen and oxygen atoms in total. The summed E-state index contributed by atoms with van der Waals surface area (Å²) < 4.78 is 0.940. The van der Waals surface area contributed by atoms with Gasteiger partial charge in [-0.2, -0.15) is 0 Å². The summed E-state index contributed by atoms with van der Waals surface area (Å²) in [5.41, 5.74) is 2.75. The van der Waals surface area contributed by atoms with E-state index in [2.05, 4.69) is 26.6 Å². The summed E-state index contributed by atoms with van der Waals surface area (Å²) in [6.45, 7) is 2.75. The molecule has 0 aliphatic heterocycles. The first-order valence-corrected chi connectivity index (χ1v) is 11.0. The van der Waals surface area contributed by atoms with Crippen molar-refractivity contribution in [2.24, 2.45) is 0 Å². The van der Waals surface area contributed by atoms with E-state index in [0.717, 1.165) is 15.6 Å². The van der Waals surface area contributed by atoms with Crippen molar-refractivity contribution < 1.29 is 9.59 Å². The highest BCUT2D eigenvalue weighted by molar-refractivity contribution is 9.10. The highest BCUT2D eigenvalue weighted by Gasteiger charge is 2.22. The van der Waals surface area contributed by atoms with Gasteiger partial charge in [0.1, 0.15) is 0 Å². The summed E-state index contributed by atoms with van der Waals surface area (Å²) in [5.74, 6) is -0.0921. The SMILES string of the molecule is CC(c1ccccc1)N(CCC(=O)NCc1ccccc1)C(=O)Nc1ccc(Br)cc1. The minimum atomic E-state index is -0.241. The van der Waals surface area contributed by atoms with Crippen molar-refractivity contribution in [3.05, 3.63) is 101 Å². The Balaban J connectivity index is 1.65.